The van der Waals surface area contributed by atoms with Crippen molar-refractivity contribution in [2.24, 2.45) is 5.92 Å². The molecule has 1 heterocycles. The third kappa shape index (κ3) is 6.95. The Hall–Kier alpha value is -3.66. The molecule has 0 unspecified atom stereocenters. The molecule has 0 radical (unpaired) electrons. The van der Waals surface area contributed by atoms with Crippen molar-refractivity contribution in [3.8, 4) is 5.75 Å². The molecule has 1 aliphatic heterocycles. The van der Waals surface area contributed by atoms with Crippen LogP contribution in [0.1, 0.15) is 34.7 Å². The monoisotopic (exact) mass is 636 g/mol. The molecule has 0 bridgehead atoms. The van der Waals surface area contributed by atoms with Gasteiger partial charge in [-0.15, -0.1) is 0 Å². The summed E-state index contributed by atoms with van der Waals surface area (Å²) in [5.41, 5.74) is 2.92. The van der Waals surface area contributed by atoms with Gasteiger partial charge in [-0.25, -0.2) is 4.39 Å². The van der Waals surface area contributed by atoms with E-state index in [1.165, 1.54) is 26.4 Å². The Bertz CT molecular complexity index is 1590. The number of methoxy groups -OCH3 is 2. The zero-order valence-corrected chi connectivity index (χ0v) is 26.0. The van der Waals surface area contributed by atoms with Crippen molar-refractivity contribution in [2.75, 3.05) is 14.2 Å². The third-order valence-corrected chi connectivity index (χ3v) is 8.56. The Labute approximate surface area is 266 Å². The van der Waals surface area contributed by atoms with E-state index < -0.39 is 41.7 Å². The fourth-order valence-electron chi connectivity index (χ4n) is 5.69. The van der Waals surface area contributed by atoms with Gasteiger partial charge in [-0.1, -0.05) is 91.3 Å². The second-order valence-corrected chi connectivity index (χ2v) is 11.4. The van der Waals surface area contributed by atoms with Crippen molar-refractivity contribution in [1.82, 2.24) is 0 Å². The Balaban J connectivity index is 1.56. The van der Waals surface area contributed by atoms with Gasteiger partial charge in [0.1, 0.15) is 18.5 Å². The molecule has 1 saturated heterocycles. The van der Waals surface area contributed by atoms with E-state index in [0.29, 0.717) is 16.1 Å². The number of rotatable bonds is 12. The topological polar surface area (TPSA) is 63.2 Å². The summed E-state index contributed by atoms with van der Waals surface area (Å²) in [6.45, 7) is 2.35. The average molecular weight is 637 g/mol. The lowest BCUT2D eigenvalue weighted by molar-refractivity contribution is -0.361. The molecular weight excluding hydrogens is 602 g/mol. The molecular formula is C36H35ClF2O6. The normalized spacial score (nSPS) is 23.1. The average Bonchev–Trinajstić information content (AvgIpc) is 3.07. The number of benzene rings is 4. The molecule has 0 spiro atoms. The van der Waals surface area contributed by atoms with Crippen LogP contribution >= 0.6 is 11.6 Å². The standard InChI is InChI=1S/C36H35ClF2O6/c1-23-31(20-40)45-36(42-3,28-15-16-29(37)27(19-28)18-26-14-17-30(41-2)33(39)32(26)38)35(44-22-25-12-8-5-9-13-25)34(23)43-21-24-10-6-4-7-11-24/h4-17,19-20,23,31,34-35H,18,21-22H2,1-3H3/t23-,31-,34+,35-,36+/m1/s1. The molecule has 0 N–H and O–H groups in total. The molecule has 0 aromatic heterocycles. The number of ether oxygens (including phenoxy) is 5. The van der Waals surface area contributed by atoms with Crippen LogP contribution in [-0.4, -0.2) is 38.8 Å². The Morgan fingerprint density at radius 1 is 0.844 bits per heavy atom. The van der Waals surface area contributed by atoms with Crippen molar-refractivity contribution in [1.29, 1.82) is 0 Å². The van der Waals surface area contributed by atoms with E-state index in [1.807, 2.05) is 67.6 Å². The van der Waals surface area contributed by atoms with E-state index in [-0.39, 0.29) is 30.9 Å². The molecule has 6 nitrogen and oxygen atoms in total. The van der Waals surface area contributed by atoms with Crippen LogP contribution in [0.15, 0.2) is 91.0 Å². The van der Waals surface area contributed by atoms with Gasteiger partial charge in [0.2, 0.25) is 11.6 Å². The maximum atomic E-state index is 15.0. The van der Waals surface area contributed by atoms with Gasteiger partial charge in [0.25, 0.3) is 0 Å². The molecule has 9 heteroatoms. The molecule has 0 aliphatic carbocycles. The van der Waals surface area contributed by atoms with Crippen molar-refractivity contribution in [2.45, 2.75) is 50.7 Å². The van der Waals surface area contributed by atoms with Crippen molar-refractivity contribution in [3.05, 3.63) is 135 Å². The minimum absolute atomic E-state index is 0.0315. The molecule has 5 rings (SSSR count). The molecule has 45 heavy (non-hydrogen) atoms. The summed E-state index contributed by atoms with van der Waals surface area (Å²) in [5, 5.41) is 0.329. The Morgan fingerprint density at radius 2 is 1.49 bits per heavy atom. The van der Waals surface area contributed by atoms with E-state index in [4.69, 9.17) is 35.3 Å². The van der Waals surface area contributed by atoms with Crippen LogP contribution in [0.3, 0.4) is 0 Å². The highest BCUT2D eigenvalue weighted by Gasteiger charge is 2.56. The summed E-state index contributed by atoms with van der Waals surface area (Å²) in [6, 6.07) is 27.2. The molecule has 4 aromatic rings. The third-order valence-electron chi connectivity index (χ3n) is 8.19. The first-order chi connectivity index (χ1) is 21.8. The second kappa shape index (κ2) is 14.6. The van der Waals surface area contributed by atoms with E-state index in [0.717, 1.165) is 17.4 Å². The van der Waals surface area contributed by atoms with Crippen LogP contribution in [0.5, 0.6) is 5.75 Å². The van der Waals surface area contributed by atoms with Gasteiger partial charge in [-0.2, -0.15) is 4.39 Å². The lowest BCUT2D eigenvalue weighted by Crippen LogP contribution is -2.62. The van der Waals surface area contributed by atoms with Crippen LogP contribution in [0.2, 0.25) is 5.02 Å². The van der Waals surface area contributed by atoms with Crippen molar-refractivity contribution in [3.63, 3.8) is 0 Å². The number of hydrogen-bond donors (Lipinski definition) is 0. The maximum Gasteiger partial charge on any atom is 0.225 e. The first-order valence-corrected chi connectivity index (χ1v) is 15.0. The van der Waals surface area contributed by atoms with Crippen LogP contribution in [0, 0.1) is 17.6 Å². The van der Waals surface area contributed by atoms with E-state index in [9.17, 15) is 13.6 Å². The molecule has 0 saturated carbocycles. The number of carbonyl (C=O) groups excluding carboxylic acids is 1. The number of aldehydes is 1. The Morgan fingerprint density at radius 3 is 2.09 bits per heavy atom. The Kier molecular flexibility index (Phi) is 10.6. The van der Waals surface area contributed by atoms with Gasteiger partial charge in [-0.3, -0.25) is 0 Å². The van der Waals surface area contributed by atoms with Gasteiger partial charge in [0.15, 0.2) is 11.6 Å². The first kappa shape index (κ1) is 32.7. The van der Waals surface area contributed by atoms with E-state index >= 15 is 0 Å². The zero-order valence-electron chi connectivity index (χ0n) is 25.3. The number of hydrogen-bond acceptors (Lipinski definition) is 6. The molecule has 5 atom stereocenters. The SMILES string of the molecule is COc1ccc(Cc2cc([C@]3(OC)O[C@H](C=O)[C@@H](C)[C@H](OCc4ccccc4)[C@H]3OCc3ccccc3)ccc2Cl)c(F)c1F. The summed E-state index contributed by atoms with van der Waals surface area (Å²) < 4.78 is 60.2. The summed E-state index contributed by atoms with van der Waals surface area (Å²) in [4.78, 5) is 12.4. The molecule has 4 aromatic carbocycles. The van der Waals surface area contributed by atoms with Gasteiger partial charge in [0.05, 0.1) is 26.4 Å². The minimum Gasteiger partial charge on any atom is -0.494 e. The number of halogens is 3. The smallest absolute Gasteiger partial charge is 0.225 e. The summed E-state index contributed by atoms with van der Waals surface area (Å²) >= 11 is 6.59. The van der Waals surface area contributed by atoms with Crippen molar-refractivity contribution >= 4 is 17.9 Å². The van der Waals surface area contributed by atoms with Gasteiger partial charge in [0, 0.05) is 30.0 Å². The van der Waals surface area contributed by atoms with Crippen LogP contribution < -0.4 is 4.74 Å². The predicted octanol–water partition coefficient (Wildman–Crippen LogP) is 7.42. The van der Waals surface area contributed by atoms with Gasteiger partial charge >= 0.3 is 0 Å². The lowest BCUT2D eigenvalue weighted by atomic mass is 9.82. The van der Waals surface area contributed by atoms with Crippen LogP contribution in [-0.2, 0) is 49.2 Å². The highest BCUT2D eigenvalue weighted by molar-refractivity contribution is 6.31. The summed E-state index contributed by atoms with van der Waals surface area (Å²) in [7, 11) is 2.74. The summed E-state index contributed by atoms with van der Waals surface area (Å²) in [5.74, 6) is -4.34. The minimum atomic E-state index is -1.63. The van der Waals surface area contributed by atoms with Gasteiger partial charge < -0.3 is 28.5 Å². The lowest BCUT2D eigenvalue weighted by Gasteiger charge is -2.50. The fourth-order valence-corrected chi connectivity index (χ4v) is 5.87. The highest BCUT2D eigenvalue weighted by atomic mass is 35.5. The summed E-state index contributed by atoms with van der Waals surface area (Å²) in [6.07, 6.45) is -1.71. The molecule has 1 fully saturated rings. The second-order valence-electron chi connectivity index (χ2n) is 11.0. The molecule has 1 aliphatic rings. The molecule has 236 valence electrons. The van der Waals surface area contributed by atoms with Crippen LogP contribution in [0.4, 0.5) is 8.78 Å². The maximum absolute atomic E-state index is 15.0. The van der Waals surface area contributed by atoms with Gasteiger partial charge in [-0.05, 0) is 40.5 Å². The van der Waals surface area contributed by atoms with Crippen molar-refractivity contribution < 1.29 is 37.3 Å². The molecule has 0 amide bonds. The zero-order chi connectivity index (χ0) is 32.0. The van der Waals surface area contributed by atoms with E-state index in [1.54, 1.807) is 18.2 Å². The predicted molar refractivity (Wildman–Crippen MR) is 166 cm³/mol. The van der Waals surface area contributed by atoms with Crippen LogP contribution in [0.25, 0.3) is 0 Å². The van der Waals surface area contributed by atoms with E-state index in [2.05, 4.69) is 0 Å². The highest BCUT2D eigenvalue weighted by Crippen LogP contribution is 2.45. The quantitative estimate of drug-likeness (QED) is 0.151. The first-order valence-electron chi connectivity index (χ1n) is 14.6. The fraction of sp³-hybridized carbons (Fsp3) is 0.306. The number of carbonyl (C=O) groups is 1. The largest absolute Gasteiger partial charge is 0.494 e.